The van der Waals surface area contributed by atoms with Gasteiger partial charge in [0, 0.05) is 0 Å². The van der Waals surface area contributed by atoms with Crippen molar-refractivity contribution >= 4 is 19.4 Å². The molecule has 0 saturated carbocycles. The van der Waals surface area contributed by atoms with Gasteiger partial charge in [0.15, 0.2) is 0 Å². The van der Waals surface area contributed by atoms with E-state index in [1.165, 1.54) is 21.8 Å². The molecule has 0 N–H and O–H groups in total. The van der Waals surface area contributed by atoms with Crippen LogP contribution in [-0.4, -0.2) is 31.9 Å². The normalized spacial score (nSPS) is 21.8. The van der Waals surface area contributed by atoms with Crippen molar-refractivity contribution in [2.75, 3.05) is 0 Å². The Labute approximate surface area is 140 Å². The van der Waals surface area contributed by atoms with Crippen LogP contribution in [0.5, 0.6) is 0 Å². The van der Waals surface area contributed by atoms with Crippen molar-refractivity contribution in [1.82, 2.24) is 4.90 Å². The van der Waals surface area contributed by atoms with Gasteiger partial charge in [-0.3, -0.25) is 0 Å². The predicted octanol–water partition coefficient (Wildman–Crippen LogP) is 3.73. The van der Waals surface area contributed by atoms with Crippen LogP contribution in [0.1, 0.15) is 25.8 Å². The maximum atomic E-state index is 2.74. The van der Waals surface area contributed by atoms with Crippen LogP contribution in [0, 0.1) is 5.92 Å². The van der Waals surface area contributed by atoms with E-state index in [0.717, 1.165) is 24.5 Å². The number of nitrogens with zero attached hydrogens (tertiary/aromatic N) is 1. The first-order valence-corrected chi connectivity index (χ1v) is 10.3. The van der Waals surface area contributed by atoms with Crippen LogP contribution in [0.4, 0.5) is 0 Å². The van der Waals surface area contributed by atoms with E-state index < -0.39 is 0 Å². The summed E-state index contributed by atoms with van der Waals surface area (Å²) in [6.45, 7) is 5.83. The van der Waals surface area contributed by atoms with E-state index in [0.29, 0.717) is 15.0 Å². The Morgan fingerprint density at radius 3 is 2.27 bits per heavy atom. The summed E-state index contributed by atoms with van der Waals surface area (Å²) in [7, 11) is 0. The fourth-order valence-electron chi connectivity index (χ4n) is 3.25. The SMILES string of the molecule is CC(C)[C@H]1C[C@@H](C[Se]c2ccccc2)N1Cc1ccccc1. The van der Waals surface area contributed by atoms with Gasteiger partial charge < -0.3 is 0 Å². The molecule has 0 unspecified atom stereocenters. The molecule has 0 radical (unpaired) electrons. The average Bonchev–Trinajstić information content (AvgIpc) is 2.53. The molecular formula is C20H25NSe. The molecule has 1 heterocycles. The van der Waals surface area contributed by atoms with Crippen LogP contribution in [0.3, 0.4) is 0 Å². The maximum absolute atomic E-state index is 2.74. The van der Waals surface area contributed by atoms with Crippen molar-refractivity contribution in [2.24, 2.45) is 5.92 Å². The summed E-state index contributed by atoms with van der Waals surface area (Å²) >= 11 is 0.600. The van der Waals surface area contributed by atoms with Gasteiger partial charge in [0.2, 0.25) is 0 Å². The van der Waals surface area contributed by atoms with Gasteiger partial charge >= 0.3 is 141 Å². The predicted molar refractivity (Wildman–Crippen MR) is 95.7 cm³/mol. The number of hydrogen-bond donors (Lipinski definition) is 0. The summed E-state index contributed by atoms with van der Waals surface area (Å²) in [5.74, 6) is 0.754. The van der Waals surface area contributed by atoms with Gasteiger partial charge in [0.1, 0.15) is 0 Å². The monoisotopic (exact) mass is 359 g/mol. The van der Waals surface area contributed by atoms with E-state index in [9.17, 15) is 0 Å². The second-order valence-corrected chi connectivity index (χ2v) is 8.78. The summed E-state index contributed by atoms with van der Waals surface area (Å²) in [5.41, 5.74) is 1.45. The van der Waals surface area contributed by atoms with Gasteiger partial charge in [-0.1, -0.05) is 0 Å². The van der Waals surface area contributed by atoms with Crippen molar-refractivity contribution in [1.29, 1.82) is 0 Å². The standard InChI is InChI=1S/C20H25NSe/c1-16(2)20-13-18(15-22-19-11-7-4-8-12-19)21(20)14-17-9-5-3-6-10-17/h3-12,16,18,20H,13-15H2,1-2H3/t18-,20+/m0/s1. The molecule has 2 aromatic carbocycles. The summed E-state index contributed by atoms with van der Waals surface area (Å²) in [6, 6.07) is 23.5. The molecule has 0 spiro atoms. The van der Waals surface area contributed by atoms with E-state index >= 15 is 0 Å². The molecule has 0 aliphatic carbocycles. The summed E-state index contributed by atoms with van der Waals surface area (Å²) in [4.78, 5) is 2.74. The fraction of sp³-hybridized carbons (Fsp3) is 0.400. The molecule has 1 saturated heterocycles. The molecule has 1 aliphatic heterocycles. The zero-order valence-corrected chi connectivity index (χ0v) is 15.2. The van der Waals surface area contributed by atoms with Crippen LogP contribution in [0.15, 0.2) is 60.7 Å². The first-order chi connectivity index (χ1) is 10.7. The molecule has 1 fully saturated rings. The summed E-state index contributed by atoms with van der Waals surface area (Å²) < 4.78 is 1.53. The zero-order valence-electron chi connectivity index (χ0n) is 13.5. The third kappa shape index (κ3) is 3.81. The Kier molecular flexibility index (Phi) is 5.36. The van der Waals surface area contributed by atoms with Crippen molar-refractivity contribution in [3.8, 4) is 0 Å². The van der Waals surface area contributed by atoms with Crippen molar-refractivity contribution in [3.63, 3.8) is 0 Å². The molecule has 2 heteroatoms. The summed E-state index contributed by atoms with van der Waals surface area (Å²) in [6.07, 6.45) is 1.37. The minimum absolute atomic E-state index is 0.600. The molecule has 116 valence electrons. The molecule has 0 aromatic heterocycles. The van der Waals surface area contributed by atoms with Crippen LogP contribution in [-0.2, 0) is 6.54 Å². The molecule has 2 aromatic rings. The van der Waals surface area contributed by atoms with Crippen molar-refractivity contribution < 1.29 is 0 Å². The van der Waals surface area contributed by atoms with Gasteiger partial charge in [-0.15, -0.1) is 0 Å². The fourth-order valence-corrected chi connectivity index (χ4v) is 5.48. The second kappa shape index (κ2) is 7.46. The van der Waals surface area contributed by atoms with Gasteiger partial charge in [-0.2, -0.15) is 0 Å². The van der Waals surface area contributed by atoms with Gasteiger partial charge in [0.25, 0.3) is 0 Å². The summed E-state index contributed by atoms with van der Waals surface area (Å²) in [5, 5.41) is 1.34. The number of rotatable bonds is 6. The minimum atomic E-state index is 0.600. The van der Waals surface area contributed by atoms with Crippen molar-refractivity contribution in [3.05, 3.63) is 66.2 Å². The van der Waals surface area contributed by atoms with Crippen LogP contribution in [0.25, 0.3) is 0 Å². The first-order valence-electron chi connectivity index (χ1n) is 8.21. The van der Waals surface area contributed by atoms with Crippen LogP contribution in [0.2, 0.25) is 5.32 Å². The molecule has 1 nitrogen and oxygen atoms in total. The Bertz CT molecular complexity index is 567. The van der Waals surface area contributed by atoms with Crippen LogP contribution >= 0.6 is 0 Å². The van der Waals surface area contributed by atoms with Crippen LogP contribution < -0.4 is 4.46 Å². The van der Waals surface area contributed by atoms with E-state index in [1.807, 2.05) is 0 Å². The molecule has 1 aliphatic rings. The Morgan fingerprint density at radius 2 is 1.64 bits per heavy atom. The molecule has 22 heavy (non-hydrogen) atoms. The molecule has 3 rings (SSSR count). The van der Waals surface area contributed by atoms with Gasteiger partial charge in [-0.05, 0) is 0 Å². The number of hydrogen-bond acceptors (Lipinski definition) is 1. The van der Waals surface area contributed by atoms with E-state index in [-0.39, 0.29) is 0 Å². The topological polar surface area (TPSA) is 3.24 Å². The zero-order chi connectivity index (χ0) is 15.4. The molecule has 0 amide bonds. The van der Waals surface area contributed by atoms with E-state index in [2.05, 4.69) is 79.4 Å². The Balaban J connectivity index is 1.61. The molecular weight excluding hydrogens is 333 g/mol. The Morgan fingerprint density at radius 1 is 1.00 bits per heavy atom. The first kappa shape index (κ1) is 15.8. The van der Waals surface area contributed by atoms with Gasteiger partial charge in [0.05, 0.1) is 0 Å². The second-order valence-electron chi connectivity index (χ2n) is 6.48. The van der Waals surface area contributed by atoms with Crippen molar-refractivity contribution in [2.45, 2.75) is 44.2 Å². The van der Waals surface area contributed by atoms with E-state index in [1.54, 1.807) is 0 Å². The third-order valence-corrected chi connectivity index (χ3v) is 7.00. The average molecular weight is 358 g/mol. The number of likely N-dealkylation sites (tertiary alicyclic amines) is 1. The number of benzene rings is 2. The van der Waals surface area contributed by atoms with Gasteiger partial charge in [-0.25, -0.2) is 0 Å². The van der Waals surface area contributed by atoms with E-state index in [4.69, 9.17) is 0 Å². The third-order valence-electron chi connectivity index (χ3n) is 4.57. The Hall–Kier alpha value is -1.08. The quantitative estimate of drug-likeness (QED) is 0.711. The molecule has 2 atom stereocenters. The molecule has 0 bridgehead atoms.